The predicted molar refractivity (Wildman–Crippen MR) is 61.5 cm³/mol. The fourth-order valence-electron chi connectivity index (χ4n) is 1.07. The lowest BCUT2D eigenvalue weighted by molar-refractivity contribution is -0.138. The largest absolute Gasteiger partial charge is 0.328 e. The third-order valence-electron chi connectivity index (χ3n) is 2.10. The van der Waals surface area contributed by atoms with Crippen LogP contribution in [0.1, 0.15) is 13.3 Å². The van der Waals surface area contributed by atoms with Crippen LogP contribution in [0.3, 0.4) is 0 Å². The first-order chi connectivity index (χ1) is 9.35. The van der Waals surface area contributed by atoms with Gasteiger partial charge in [-0.05, 0) is 0 Å². The van der Waals surface area contributed by atoms with E-state index in [0.29, 0.717) is 6.07 Å². The number of benzene rings is 1. The van der Waals surface area contributed by atoms with E-state index in [1.807, 2.05) is 5.43 Å². The van der Waals surface area contributed by atoms with Gasteiger partial charge in [0, 0.05) is 18.6 Å². The highest BCUT2D eigenvalue weighted by Crippen LogP contribution is 2.18. The third-order valence-corrected chi connectivity index (χ3v) is 2.10. The molecular weight excluding hydrogens is 279 g/mol. The summed E-state index contributed by atoms with van der Waals surface area (Å²) in [6.07, 6.45) is 0.0691. The molecule has 0 radical (unpaired) electrons. The molecule has 108 valence electrons. The minimum Gasteiger partial charge on any atom is -0.315 e. The standard InChI is InChI=1S/C11H10F3N3O3/c1-2-9(18)16-17-11(20)10(19)15-8-4-6(13)5(12)3-7(8)14/h3-4H,2H2,1H3,(H,15,19)(H,16,18)(H,17,20). The predicted octanol–water partition coefficient (Wildman–Crippen LogP) is 0.600. The van der Waals surface area contributed by atoms with E-state index in [0.717, 1.165) is 0 Å². The van der Waals surface area contributed by atoms with E-state index in [1.165, 1.54) is 6.92 Å². The molecule has 0 saturated carbocycles. The summed E-state index contributed by atoms with van der Waals surface area (Å²) in [5, 5.41) is 1.74. The molecule has 1 aromatic carbocycles. The van der Waals surface area contributed by atoms with Crippen LogP contribution in [0, 0.1) is 17.5 Å². The minimum absolute atomic E-state index is 0.0691. The van der Waals surface area contributed by atoms with Crippen LogP contribution < -0.4 is 16.2 Å². The van der Waals surface area contributed by atoms with E-state index in [1.54, 1.807) is 10.7 Å². The summed E-state index contributed by atoms with van der Waals surface area (Å²) in [6.45, 7) is 1.51. The van der Waals surface area contributed by atoms with Crippen LogP contribution in [0.25, 0.3) is 0 Å². The van der Waals surface area contributed by atoms with E-state index < -0.39 is 40.9 Å². The van der Waals surface area contributed by atoms with Gasteiger partial charge in [0.1, 0.15) is 5.82 Å². The Labute approximate surface area is 111 Å². The van der Waals surface area contributed by atoms with Crippen molar-refractivity contribution in [3.05, 3.63) is 29.6 Å². The number of rotatable bonds is 2. The third kappa shape index (κ3) is 3.97. The summed E-state index contributed by atoms with van der Waals surface area (Å²) in [5.41, 5.74) is 2.96. The number of halogens is 3. The maximum Gasteiger partial charge on any atom is 0.328 e. The van der Waals surface area contributed by atoms with Crippen molar-refractivity contribution in [2.45, 2.75) is 13.3 Å². The molecule has 6 nitrogen and oxygen atoms in total. The van der Waals surface area contributed by atoms with Gasteiger partial charge in [-0.25, -0.2) is 13.2 Å². The normalized spacial score (nSPS) is 9.80. The highest BCUT2D eigenvalue weighted by atomic mass is 19.2. The molecule has 0 aliphatic rings. The van der Waals surface area contributed by atoms with E-state index in [9.17, 15) is 27.6 Å². The van der Waals surface area contributed by atoms with Crippen LogP contribution in [0.4, 0.5) is 18.9 Å². The van der Waals surface area contributed by atoms with Crippen LogP contribution in [0.2, 0.25) is 0 Å². The lowest BCUT2D eigenvalue weighted by Crippen LogP contribution is -2.46. The molecule has 0 aromatic heterocycles. The fraction of sp³-hybridized carbons (Fsp3) is 0.182. The molecule has 0 unspecified atom stereocenters. The van der Waals surface area contributed by atoms with Gasteiger partial charge in [-0.1, -0.05) is 6.92 Å². The van der Waals surface area contributed by atoms with E-state index in [2.05, 4.69) is 0 Å². The zero-order valence-electron chi connectivity index (χ0n) is 10.2. The summed E-state index contributed by atoms with van der Waals surface area (Å²) in [7, 11) is 0. The molecule has 1 rings (SSSR count). The van der Waals surface area contributed by atoms with Gasteiger partial charge >= 0.3 is 11.8 Å². The second-order valence-corrected chi connectivity index (χ2v) is 3.56. The summed E-state index contributed by atoms with van der Waals surface area (Å²) in [4.78, 5) is 33.3. The lowest BCUT2D eigenvalue weighted by Gasteiger charge is -2.08. The van der Waals surface area contributed by atoms with Crippen molar-refractivity contribution in [1.82, 2.24) is 10.9 Å². The Morgan fingerprint density at radius 1 is 0.950 bits per heavy atom. The van der Waals surface area contributed by atoms with Gasteiger partial charge in [-0.15, -0.1) is 0 Å². The molecule has 0 bridgehead atoms. The number of hydrogen-bond acceptors (Lipinski definition) is 3. The molecule has 9 heteroatoms. The molecule has 0 spiro atoms. The number of hydrazine groups is 1. The van der Waals surface area contributed by atoms with Gasteiger partial charge in [-0.2, -0.15) is 0 Å². The number of amides is 3. The summed E-state index contributed by atoms with van der Waals surface area (Å²) in [5.74, 6) is -7.27. The van der Waals surface area contributed by atoms with Crippen LogP contribution in [0.15, 0.2) is 12.1 Å². The monoisotopic (exact) mass is 289 g/mol. The maximum absolute atomic E-state index is 13.2. The average molecular weight is 289 g/mol. The van der Waals surface area contributed by atoms with Crippen molar-refractivity contribution in [3.63, 3.8) is 0 Å². The van der Waals surface area contributed by atoms with Crippen molar-refractivity contribution >= 4 is 23.4 Å². The molecule has 0 saturated heterocycles. The summed E-state index contributed by atoms with van der Waals surface area (Å²) < 4.78 is 38.7. The quantitative estimate of drug-likeness (QED) is 0.423. The SMILES string of the molecule is CCC(=O)NNC(=O)C(=O)Nc1cc(F)c(F)cc1F. The first-order valence-corrected chi connectivity index (χ1v) is 5.39. The lowest BCUT2D eigenvalue weighted by atomic mass is 10.3. The molecule has 3 amide bonds. The molecule has 0 fully saturated rings. The minimum atomic E-state index is -1.43. The smallest absolute Gasteiger partial charge is 0.315 e. The van der Waals surface area contributed by atoms with Gasteiger partial charge in [-0.3, -0.25) is 25.2 Å². The van der Waals surface area contributed by atoms with Gasteiger partial charge in [0.25, 0.3) is 0 Å². The van der Waals surface area contributed by atoms with Crippen molar-refractivity contribution in [1.29, 1.82) is 0 Å². The van der Waals surface area contributed by atoms with Gasteiger partial charge in [0.2, 0.25) is 5.91 Å². The van der Waals surface area contributed by atoms with Crippen LogP contribution in [0.5, 0.6) is 0 Å². The summed E-state index contributed by atoms with van der Waals surface area (Å²) >= 11 is 0. The number of carbonyl (C=O) groups is 3. The van der Waals surface area contributed by atoms with Crippen molar-refractivity contribution < 1.29 is 27.6 Å². The average Bonchev–Trinajstić information content (AvgIpc) is 2.41. The van der Waals surface area contributed by atoms with Crippen molar-refractivity contribution in [3.8, 4) is 0 Å². The Kier molecular flexibility index (Phi) is 5.07. The Morgan fingerprint density at radius 3 is 2.15 bits per heavy atom. The highest BCUT2D eigenvalue weighted by molar-refractivity contribution is 6.39. The molecule has 20 heavy (non-hydrogen) atoms. The molecule has 0 aliphatic carbocycles. The van der Waals surface area contributed by atoms with Gasteiger partial charge in [0.15, 0.2) is 11.6 Å². The Bertz CT molecular complexity index is 563. The van der Waals surface area contributed by atoms with Gasteiger partial charge < -0.3 is 5.32 Å². The van der Waals surface area contributed by atoms with Crippen molar-refractivity contribution in [2.75, 3.05) is 5.32 Å². The van der Waals surface area contributed by atoms with Crippen LogP contribution >= 0.6 is 0 Å². The first kappa shape index (κ1) is 15.5. The molecule has 3 N–H and O–H groups in total. The highest BCUT2D eigenvalue weighted by Gasteiger charge is 2.17. The van der Waals surface area contributed by atoms with Crippen LogP contribution in [-0.2, 0) is 14.4 Å². The van der Waals surface area contributed by atoms with Crippen molar-refractivity contribution in [2.24, 2.45) is 0 Å². The Balaban J connectivity index is 2.69. The van der Waals surface area contributed by atoms with E-state index in [4.69, 9.17) is 0 Å². The number of nitrogens with one attached hydrogen (secondary N) is 3. The maximum atomic E-state index is 13.2. The second-order valence-electron chi connectivity index (χ2n) is 3.56. The zero-order chi connectivity index (χ0) is 15.3. The second kappa shape index (κ2) is 6.55. The topological polar surface area (TPSA) is 87.3 Å². The van der Waals surface area contributed by atoms with E-state index >= 15 is 0 Å². The Morgan fingerprint density at radius 2 is 1.55 bits per heavy atom. The molecule has 0 atom stereocenters. The Hall–Kier alpha value is -2.58. The fourth-order valence-corrected chi connectivity index (χ4v) is 1.07. The molecule has 0 aliphatic heterocycles. The zero-order valence-corrected chi connectivity index (χ0v) is 10.2. The number of carbonyl (C=O) groups excluding carboxylic acids is 3. The first-order valence-electron chi connectivity index (χ1n) is 5.39. The summed E-state index contributed by atoms with van der Waals surface area (Å²) in [6, 6.07) is 0.613. The van der Waals surface area contributed by atoms with Crippen LogP contribution in [-0.4, -0.2) is 17.7 Å². The number of anilines is 1. The van der Waals surface area contributed by atoms with Gasteiger partial charge in [0.05, 0.1) is 5.69 Å². The molecule has 1 aromatic rings. The number of hydrogen-bond donors (Lipinski definition) is 3. The van der Waals surface area contributed by atoms with E-state index in [-0.39, 0.29) is 12.5 Å². The molecular formula is C11H10F3N3O3. The molecule has 0 heterocycles.